The summed E-state index contributed by atoms with van der Waals surface area (Å²) in [7, 11) is 1.53. The third-order valence-electron chi connectivity index (χ3n) is 3.98. The standard InChI is InChI=1S/C20H23ClN2O3/c1-14-4-6-16(7-5-14)13-22-20(25)10-11-23(15(2)24)18-12-17(21)8-9-19(18)26-3/h4-9,12H,10-11,13H2,1-3H3,(H,22,25). The zero-order chi connectivity index (χ0) is 19.1. The largest absolute Gasteiger partial charge is 0.495 e. The van der Waals surface area contributed by atoms with Crippen LogP contribution in [0.4, 0.5) is 5.69 Å². The summed E-state index contributed by atoms with van der Waals surface area (Å²) >= 11 is 6.04. The van der Waals surface area contributed by atoms with Gasteiger partial charge in [-0.3, -0.25) is 9.59 Å². The number of carbonyl (C=O) groups excluding carboxylic acids is 2. The van der Waals surface area contributed by atoms with Gasteiger partial charge >= 0.3 is 0 Å². The molecule has 0 aliphatic carbocycles. The fourth-order valence-corrected chi connectivity index (χ4v) is 2.70. The molecule has 138 valence electrons. The Kier molecular flexibility index (Phi) is 7.04. The number of anilines is 1. The monoisotopic (exact) mass is 374 g/mol. The molecule has 0 atom stereocenters. The summed E-state index contributed by atoms with van der Waals surface area (Å²) in [5, 5.41) is 3.37. The first kappa shape index (κ1) is 19.8. The van der Waals surface area contributed by atoms with Gasteiger partial charge in [0.1, 0.15) is 5.75 Å². The van der Waals surface area contributed by atoms with Gasteiger partial charge in [0.05, 0.1) is 12.8 Å². The highest BCUT2D eigenvalue weighted by Crippen LogP contribution is 2.31. The van der Waals surface area contributed by atoms with Crippen molar-refractivity contribution in [3.05, 3.63) is 58.6 Å². The lowest BCUT2D eigenvalue weighted by atomic mass is 10.1. The van der Waals surface area contributed by atoms with Gasteiger partial charge in [0.2, 0.25) is 11.8 Å². The van der Waals surface area contributed by atoms with Crippen LogP contribution >= 0.6 is 11.6 Å². The lowest BCUT2D eigenvalue weighted by Gasteiger charge is -2.23. The summed E-state index contributed by atoms with van der Waals surface area (Å²) in [5.74, 6) is 0.222. The van der Waals surface area contributed by atoms with E-state index in [9.17, 15) is 9.59 Å². The van der Waals surface area contributed by atoms with E-state index in [4.69, 9.17) is 16.3 Å². The van der Waals surface area contributed by atoms with Gasteiger partial charge in [-0.25, -0.2) is 0 Å². The van der Waals surface area contributed by atoms with Crippen molar-refractivity contribution in [1.29, 1.82) is 0 Å². The SMILES string of the molecule is COc1ccc(Cl)cc1N(CCC(=O)NCc1ccc(C)cc1)C(C)=O. The number of hydrogen-bond donors (Lipinski definition) is 1. The Morgan fingerprint density at radius 1 is 1.15 bits per heavy atom. The second-order valence-electron chi connectivity index (χ2n) is 6.00. The summed E-state index contributed by atoms with van der Waals surface area (Å²) in [6, 6.07) is 13.0. The topological polar surface area (TPSA) is 58.6 Å². The van der Waals surface area contributed by atoms with Gasteiger partial charge < -0.3 is 15.0 Å². The Balaban J connectivity index is 1.98. The van der Waals surface area contributed by atoms with Crippen LogP contribution in [-0.2, 0) is 16.1 Å². The maximum absolute atomic E-state index is 12.2. The Morgan fingerprint density at radius 2 is 1.85 bits per heavy atom. The number of amides is 2. The predicted molar refractivity (Wildman–Crippen MR) is 104 cm³/mol. The van der Waals surface area contributed by atoms with Gasteiger partial charge in [-0.05, 0) is 30.7 Å². The Morgan fingerprint density at radius 3 is 2.46 bits per heavy atom. The molecule has 0 heterocycles. The first-order chi connectivity index (χ1) is 12.4. The lowest BCUT2D eigenvalue weighted by molar-refractivity contribution is -0.121. The zero-order valence-corrected chi connectivity index (χ0v) is 16.0. The van der Waals surface area contributed by atoms with Crippen LogP contribution in [0, 0.1) is 6.92 Å². The molecule has 26 heavy (non-hydrogen) atoms. The van der Waals surface area contributed by atoms with Crippen molar-refractivity contribution in [3.63, 3.8) is 0 Å². The van der Waals surface area contributed by atoms with Crippen LogP contribution in [0.5, 0.6) is 5.75 Å². The maximum atomic E-state index is 12.2. The molecule has 0 radical (unpaired) electrons. The molecule has 0 unspecified atom stereocenters. The number of halogens is 1. The molecule has 2 aromatic rings. The van der Waals surface area contributed by atoms with Crippen molar-refractivity contribution < 1.29 is 14.3 Å². The number of aryl methyl sites for hydroxylation is 1. The average Bonchev–Trinajstić information content (AvgIpc) is 2.61. The number of ether oxygens (including phenoxy) is 1. The van der Waals surface area contributed by atoms with Gasteiger partial charge in [0, 0.05) is 31.5 Å². The molecule has 0 aliphatic rings. The summed E-state index contributed by atoms with van der Waals surface area (Å²) < 4.78 is 5.30. The Labute approximate surface area is 158 Å². The number of nitrogens with zero attached hydrogens (tertiary/aromatic N) is 1. The predicted octanol–water partition coefficient (Wildman–Crippen LogP) is 3.72. The van der Waals surface area contributed by atoms with Crippen LogP contribution in [0.3, 0.4) is 0 Å². The van der Waals surface area contributed by atoms with Crippen LogP contribution in [-0.4, -0.2) is 25.5 Å². The molecule has 2 amide bonds. The molecule has 5 nitrogen and oxygen atoms in total. The molecule has 0 saturated carbocycles. The molecule has 1 N–H and O–H groups in total. The molecular weight excluding hydrogens is 352 g/mol. The minimum absolute atomic E-state index is 0.127. The van der Waals surface area contributed by atoms with E-state index in [-0.39, 0.29) is 24.8 Å². The number of carbonyl (C=O) groups is 2. The second kappa shape index (κ2) is 9.25. The van der Waals surface area contributed by atoms with Crippen LogP contribution < -0.4 is 15.0 Å². The van der Waals surface area contributed by atoms with E-state index in [0.29, 0.717) is 23.0 Å². The number of methoxy groups -OCH3 is 1. The summed E-state index contributed by atoms with van der Waals surface area (Å²) in [6.45, 7) is 4.17. The molecule has 0 bridgehead atoms. The third kappa shape index (κ3) is 5.49. The smallest absolute Gasteiger partial charge is 0.223 e. The normalized spacial score (nSPS) is 10.3. The van der Waals surface area contributed by atoms with Crippen molar-refractivity contribution >= 4 is 29.1 Å². The van der Waals surface area contributed by atoms with E-state index < -0.39 is 0 Å². The van der Waals surface area contributed by atoms with E-state index in [0.717, 1.165) is 5.56 Å². The fraction of sp³-hybridized carbons (Fsp3) is 0.300. The summed E-state index contributed by atoms with van der Waals surface area (Å²) in [5.41, 5.74) is 2.76. The minimum Gasteiger partial charge on any atom is -0.495 e. The first-order valence-electron chi connectivity index (χ1n) is 8.34. The van der Waals surface area contributed by atoms with E-state index in [2.05, 4.69) is 5.32 Å². The van der Waals surface area contributed by atoms with Crippen molar-refractivity contribution in [1.82, 2.24) is 5.32 Å². The molecule has 2 aromatic carbocycles. The first-order valence-corrected chi connectivity index (χ1v) is 8.72. The van der Waals surface area contributed by atoms with Crippen molar-refractivity contribution in [2.45, 2.75) is 26.8 Å². The van der Waals surface area contributed by atoms with Gasteiger partial charge in [-0.1, -0.05) is 41.4 Å². The number of nitrogens with one attached hydrogen (secondary N) is 1. The number of benzene rings is 2. The summed E-state index contributed by atoms with van der Waals surface area (Å²) in [4.78, 5) is 25.7. The van der Waals surface area contributed by atoms with Crippen LogP contribution in [0.2, 0.25) is 5.02 Å². The molecule has 0 aromatic heterocycles. The maximum Gasteiger partial charge on any atom is 0.223 e. The van der Waals surface area contributed by atoms with Crippen LogP contribution in [0.25, 0.3) is 0 Å². The fourth-order valence-electron chi connectivity index (χ4n) is 2.53. The van der Waals surface area contributed by atoms with Crippen LogP contribution in [0.15, 0.2) is 42.5 Å². The zero-order valence-electron chi connectivity index (χ0n) is 15.2. The number of rotatable bonds is 7. The molecular formula is C20H23ClN2O3. The van der Waals surface area contributed by atoms with Gasteiger partial charge in [-0.2, -0.15) is 0 Å². The third-order valence-corrected chi connectivity index (χ3v) is 4.22. The highest BCUT2D eigenvalue weighted by atomic mass is 35.5. The molecule has 6 heteroatoms. The van der Waals surface area contributed by atoms with E-state index >= 15 is 0 Å². The van der Waals surface area contributed by atoms with Gasteiger partial charge in [0.25, 0.3) is 0 Å². The van der Waals surface area contributed by atoms with Crippen molar-refractivity contribution in [2.24, 2.45) is 0 Å². The second-order valence-corrected chi connectivity index (χ2v) is 6.44. The molecule has 0 aliphatic heterocycles. The number of hydrogen-bond acceptors (Lipinski definition) is 3. The molecule has 0 spiro atoms. The van der Waals surface area contributed by atoms with E-state index in [1.54, 1.807) is 18.2 Å². The van der Waals surface area contributed by atoms with E-state index in [1.807, 2.05) is 31.2 Å². The molecule has 2 rings (SSSR count). The van der Waals surface area contributed by atoms with E-state index in [1.165, 1.54) is 24.5 Å². The van der Waals surface area contributed by atoms with Gasteiger partial charge in [0.15, 0.2) is 0 Å². The minimum atomic E-state index is -0.183. The Bertz CT molecular complexity index is 775. The molecule has 0 fully saturated rings. The summed E-state index contributed by atoms with van der Waals surface area (Å²) in [6.07, 6.45) is 0.182. The van der Waals surface area contributed by atoms with Gasteiger partial charge in [-0.15, -0.1) is 0 Å². The molecule has 0 saturated heterocycles. The van der Waals surface area contributed by atoms with Crippen molar-refractivity contribution in [2.75, 3.05) is 18.6 Å². The van der Waals surface area contributed by atoms with Crippen molar-refractivity contribution in [3.8, 4) is 5.75 Å². The Hall–Kier alpha value is -2.53. The average molecular weight is 375 g/mol. The lowest BCUT2D eigenvalue weighted by Crippen LogP contribution is -2.34. The quantitative estimate of drug-likeness (QED) is 0.803. The highest BCUT2D eigenvalue weighted by molar-refractivity contribution is 6.31. The highest BCUT2D eigenvalue weighted by Gasteiger charge is 2.18. The van der Waals surface area contributed by atoms with Crippen LogP contribution in [0.1, 0.15) is 24.5 Å².